The van der Waals surface area contributed by atoms with Crippen molar-refractivity contribution in [3.63, 3.8) is 0 Å². The molecule has 0 heterocycles. The summed E-state index contributed by atoms with van der Waals surface area (Å²) >= 11 is 0. The lowest BCUT2D eigenvalue weighted by Crippen LogP contribution is -2.28. The first-order valence-electron chi connectivity index (χ1n) is 10.0. The van der Waals surface area contributed by atoms with Gasteiger partial charge in [0, 0.05) is 31.3 Å². The quantitative estimate of drug-likeness (QED) is 0.242. The molecule has 0 aliphatic carbocycles. The van der Waals surface area contributed by atoms with Crippen LogP contribution >= 0.6 is 0 Å². The number of nitrogens with one attached hydrogen (secondary N) is 1. The molecule has 0 bridgehead atoms. The number of ether oxygens (including phenoxy) is 2. The number of benzene rings is 2. The minimum Gasteiger partial charge on any atom is -0.493 e. The fourth-order valence-electron chi connectivity index (χ4n) is 2.97. The van der Waals surface area contributed by atoms with E-state index in [0.717, 1.165) is 43.0 Å². The van der Waals surface area contributed by atoms with Crippen LogP contribution in [0.5, 0.6) is 11.5 Å². The van der Waals surface area contributed by atoms with E-state index in [1.807, 2.05) is 18.2 Å². The van der Waals surface area contributed by atoms with Gasteiger partial charge in [-0.1, -0.05) is 6.07 Å². The van der Waals surface area contributed by atoms with Gasteiger partial charge in [0.2, 0.25) is 5.91 Å². The molecule has 166 valence electrons. The van der Waals surface area contributed by atoms with E-state index in [0.29, 0.717) is 6.54 Å². The van der Waals surface area contributed by atoms with Gasteiger partial charge in [-0.25, -0.2) is 0 Å². The third kappa shape index (κ3) is 8.10. The van der Waals surface area contributed by atoms with E-state index in [2.05, 4.69) is 17.3 Å². The molecule has 0 fully saturated rings. The van der Waals surface area contributed by atoms with Crippen molar-refractivity contribution in [3.8, 4) is 11.5 Å². The number of nitro benzene ring substituents is 1. The zero-order chi connectivity index (χ0) is 22.6. The van der Waals surface area contributed by atoms with Crippen molar-refractivity contribution in [2.75, 3.05) is 40.9 Å². The highest BCUT2D eigenvalue weighted by atomic mass is 16.6. The van der Waals surface area contributed by atoms with Crippen LogP contribution in [0.4, 0.5) is 5.69 Å². The monoisotopic (exact) mass is 427 g/mol. The summed E-state index contributed by atoms with van der Waals surface area (Å²) in [4.78, 5) is 24.3. The smallest absolute Gasteiger partial charge is 0.269 e. The first kappa shape index (κ1) is 23.9. The molecule has 1 amide bonds. The van der Waals surface area contributed by atoms with Crippen LogP contribution in [-0.2, 0) is 11.2 Å². The minimum atomic E-state index is -0.453. The summed E-state index contributed by atoms with van der Waals surface area (Å²) in [6, 6.07) is 12.0. The van der Waals surface area contributed by atoms with Crippen LogP contribution in [0.2, 0.25) is 0 Å². The lowest BCUT2D eigenvalue weighted by atomic mass is 10.1. The molecule has 0 saturated heterocycles. The van der Waals surface area contributed by atoms with Crippen LogP contribution in [0.15, 0.2) is 48.5 Å². The number of amides is 1. The van der Waals surface area contributed by atoms with Crippen molar-refractivity contribution in [1.82, 2.24) is 10.2 Å². The number of nitro groups is 1. The molecule has 0 aromatic heterocycles. The second kappa shape index (κ2) is 12.3. The highest BCUT2D eigenvalue weighted by Gasteiger charge is 2.06. The van der Waals surface area contributed by atoms with Crippen LogP contribution in [0.3, 0.4) is 0 Å². The van der Waals surface area contributed by atoms with Gasteiger partial charge in [0.1, 0.15) is 0 Å². The Hall–Kier alpha value is -3.39. The van der Waals surface area contributed by atoms with Crippen molar-refractivity contribution in [3.05, 3.63) is 69.8 Å². The van der Waals surface area contributed by atoms with E-state index in [4.69, 9.17) is 9.47 Å². The fourth-order valence-corrected chi connectivity index (χ4v) is 2.97. The van der Waals surface area contributed by atoms with Crippen molar-refractivity contribution >= 4 is 17.7 Å². The number of methoxy groups -OCH3 is 2. The maximum atomic E-state index is 11.9. The molecular weight excluding hydrogens is 398 g/mol. The summed E-state index contributed by atoms with van der Waals surface area (Å²) < 4.78 is 10.6. The third-order valence-electron chi connectivity index (χ3n) is 4.78. The number of carbonyl (C=O) groups excluding carboxylic acids is 1. The Kier molecular flexibility index (Phi) is 9.51. The van der Waals surface area contributed by atoms with E-state index in [9.17, 15) is 14.9 Å². The highest BCUT2D eigenvalue weighted by molar-refractivity contribution is 5.91. The molecule has 2 rings (SSSR count). The highest BCUT2D eigenvalue weighted by Crippen LogP contribution is 2.27. The van der Waals surface area contributed by atoms with E-state index in [1.165, 1.54) is 23.8 Å². The Bertz CT molecular complexity index is 897. The van der Waals surface area contributed by atoms with Crippen molar-refractivity contribution < 1.29 is 19.2 Å². The summed E-state index contributed by atoms with van der Waals surface area (Å²) in [5.74, 6) is 1.26. The van der Waals surface area contributed by atoms with Crippen LogP contribution in [0.1, 0.15) is 17.5 Å². The Labute approximate surface area is 182 Å². The number of rotatable bonds is 12. The van der Waals surface area contributed by atoms with Gasteiger partial charge < -0.3 is 19.7 Å². The van der Waals surface area contributed by atoms with Gasteiger partial charge in [0.15, 0.2) is 11.5 Å². The van der Waals surface area contributed by atoms with Crippen molar-refractivity contribution in [2.24, 2.45) is 0 Å². The fraction of sp³-hybridized carbons (Fsp3) is 0.348. The van der Waals surface area contributed by atoms with Crippen LogP contribution in [0.25, 0.3) is 6.08 Å². The third-order valence-corrected chi connectivity index (χ3v) is 4.78. The lowest BCUT2D eigenvalue weighted by Gasteiger charge is -2.17. The molecular formula is C23H29N3O5. The van der Waals surface area contributed by atoms with Crippen LogP contribution in [-0.4, -0.2) is 56.6 Å². The van der Waals surface area contributed by atoms with E-state index in [1.54, 1.807) is 32.4 Å². The number of likely N-dealkylation sites (N-methyl/N-ethyl adjacent to an activating group) is 1. The van der Waals surface area contributed by atoms with Crippen LogP contribution < -0.4 is 14.8 Å². The molecule has 0 aliphatic rings. The van der Waals surface area contributed by atoms with Gasteiger partial charge in [0.05, 0.1) is 19.1 Å². The van der Waals surface area contributed by atoms with Gasteiger partial charge in [-0.05, 0) is 67.9 Å². The molecule has 0 aliphatic heterocycles. The summed E-state index contributed by atoms with van der Waals surface area (Å²) in [6.45, 7) is 2.33. The Morgan fingerprint density at radius 2 is 1.81 bits per heavy atom. The van der Waals surface area contributed by atoms with E-state index >= 15 is 0 Å². The molecule has 2 aromatic carbocycles. The molecule has 0 spiro atoms. The van der Waals surface area contributed by atoms with Crippen molar-refractivity contribution in [2.45, 2.75) is 12.8 Å². The van der Waals surface area contributed by atoms with Crippen LogP contribution in [0, 0.1) is 10.1 Å². The van der Waals surface area contributed by atoms with Crippen molar-refractivity contribution in [1.29, 1.82) is 0 Å². The first-order valence-corrected chi connectivity index (χ1v) is 10.0. The standard InChI is InChI=1S/C23H29N3O5/c1-25(16-13-19-7-11-21(30-2)22(17-19)31-3)15-4-14-24-23(27)12-8-18-5-9-20(10-6-18)26(28)29/h5-12,17H,4,13-16H2,1-3H3,(H,24,27). The molecule has 8 nitrogen and oxygen atoms in total. The Morgan fingerprint density at radius 1 is 1.10 bits per heavy atom. The zero-order valence-electron chi connectivity index (χ0n) is 18.2. The largest absolute Gasteiger partial charge is 0.493 e. The minimum absolute atomic E-state index is 0.0249. The Balaban J connectivity index is 1.66. The van der Waals surface area contributed by atoms with Gasteiger partial charge in [-0.2, -0.15) is 0 Å². The molecule has 0 atom stereocenters. The zero-order valence-corrected chi connectivity index (χ0v) is 18.2. The predicted octanol–water partition coefficient (Wildman–Crippen LogP) is 3.31. The average molecular weight is 428 g/mol. The molecule has 0 saturated carbocycles. The number of hydrogen-bond donors (Lipinski definition) is 1. The maximum Gasteiger partial charge on any atom is 0.269 e. The molecule has 31 heavy (non-hydrogen) atoms. The van der Waals surface area contributed by atoms with E-state index in [-0.39, 0.29) is 11.6 Å². The maximum absolute atomic E-state index is 11.9. The number of nitrogens with zero attached hydrogens (tertiary/aromatic N) is 2. The van der Waals surface area contributed by atoms with Gasteiger partial charge in [0.25, 0.3) is 5.69 Å². The molecule has 1 N–H and O–H groups in total. The molecule has 8 heteroatoms. The van der Waals surface area contributed by atoms with E-state index < -0.39 is 4.92 Å². The summed E-state index contributed by atoms with van der Waals surface area (Å²) in [5.41, 5.74) is 1.93. The van der Waals surface area contributed by atoms with Gasteiger partial charge in [-0.15, -0.1) is 0 Å². The number of non-ortho nitro benzene ring substituents is 1. The normalized spacial score (nSPS) is 11.0. The molecule has 2 aromatic rings. The molecule has 0 unspecified atom stereocenters. The average Bonchev–Trinajstić information content (AvgIpc) is 2.79. The van der Waals surface area contributed by atoms with Gasteiger partial charge >= 0.3 is 0 Å². The second-order valence-corrected chi connectivity index (χ2v) is 7.07. The number of hydrogen-bond acceptors (Lipinski definition) is 6. The summed E-state index contributed by atoms with van der Waals surface area (Å²) in [5, 5.41) is 13.5. The predicted molar refractivity (Wildman–Crippen MR) is 121 cm³/mol. The lowest BCUT2D eigenvalue weighted by molar-refractivity contribution is -0.384. The molecule has 0 radical (unpaired) electrons. The second-order valence-electron chi connectivity index (χ2n) is 7.07. The summed E-state index contributed by atoms with van der Waals surface area (Å²) in [7, 11) is 5.30. The topological polar surface area (TPSA) is 93.9 Å². The SMILES string of the molecule is COc1ccc(CCN(C)CCCNC(=O)C=Cc2ccc([N+](=O)[O-])cc2)cc1OC. The first-order chi connectivity index (χ1) is 14.9. The summed E-state index contributed by atoms with van der Waals surface area (Å²) in [6.07, 6.45) is 4.79. The van der Waals surface area contributed by atoms with Gasteiger partial charge in [-0.3, -0.25) is 14.9 Å². The number of carbonyl (C=O) groups is 1. The Morgan fingerprint density at radius 3 is 2.45 bits per heavy atom.